The van der Waals surface area contributed by atoms with Crippen molar-refractivity contribution in [2.45, 2.75) is 19.4 Å². The van der Waals surface area contributed by atoms with Crippen molar-refractivity contribution < 1.29 is 9.68 Å². The average Bonchev–Trinajstić information content (AvgIpc) is 1.93. The SMILES string of the molecule is CC[C@H](/C=C\SC)N1OCO1. The Bertz CT molecular complexity index is 136. The van der Waals surface area contributed by atoms with Crippen LogP contribution in [0.4, 0.5) is 0 Å². The first-order chi connectivity index (χ1) is 5.38. The molecule has 11 heavy (non-hydrogen) atoms. The average molecular weight is 175 g/mol. The van der Waals surface area contributed by atoms with Crippen LogP contribution in [0.15, 0.2) is 11.5 Å². The zero-order chi connectivity index (χ0) is 8.10. The smallest absolute Gasteiger partial charge is 0.192 e. The molecule has 0 radical (unpaired) electrons. The molecule has 4 heteroatoms. The molecule has 3 nitrogen and oxygen atoms in total. The van der Waals surface area contributed by atoms with Gasteiger partial charge < -0.3 is 0 Å². The first kappa shape index (κ1) is 9.06. The van der Waals surface area contributed by atoms with Gasteiger partial charge in [-0.25, -0.2) is 9.68 Å². The van der Waals surface area contributed by atoms with Crippen molar-refractivity contribution in [3.8, 4) is 0 Å². The van der Waals surface area contributed by atoms with Crippen molar-refractivity contribution in [1.29, 1.82) is 0 Å². The van der Waals surface area contributed by atoms with Crippen LogP contribution in [0.5, 0.6) is 0 Å². The maximum absolute atomic E-state index is 5.03. The number of hydroxylamine groups is 2. The molecule has 0 saturated carbocycles. The number of thioether (sulfide) groups is 1. The molecule has 0 aliphatic carbocycles. The Morgan fingerprint density at radius 1 is 1.64 bits per heavy atom. The van der Waals surface area contributed by atoms with Crippen LogP contribution in [-0.2, 0) is 9.68 Å². The predicted molar refractivity (Wildman–Crippen MR) is 45.6 cm³/mol. The number of hydrogen-bond donors (Lipinski definition) is 0. The largest absolute Gasteiger partial charge is 0.243 e. The van der Waals surface area contributed by atoms with E-state index >= 15 is 0 Å². The third kappa shape index (κ3) is 2.48. The van der Waals surface area contributed by atoms with Crippen molar-refractivity contribution in [3.63, 3.8) is 0 Å². The molecule has 0 bridgehead atoms. The molecule has 1 aliphatic rings. The Morgan fingerprint density at radius 2 is 2.36 bits per heavy atom. The third-order valence-corrected chi connectivity index (χ3v) is 1.92. The zero-order valence-corrected chi connectivity index (χ0v) is 7.63. The summed E-state index contributed by atoms with van der Waals surface area (Å²) >= 11 is 1.68. The van der Waals surface area contributed by atoms with Gasteiger partial charge in [-0.15, -0.1) is 11.8 Å². The molecule has 64 valence electrons. The van der Waals surface area contributed by atoms with E-state index < -0.39 is 0 Å². The second-order valence-corrected chi connectivity index (χ2v) is 2.94. The monoisotopic (exact) mass is 175 g/mol. The molecule has 0 aromatic heterocycles. The second-order valence-electron chi connectivity index (χ2n) is 2.20. The van der Waals surface area contributed by atoms with Crippen molar-refractivity contribution in [2.24, 2.45) is 0 Å². The van der Waals surface area contributed by atoms with Crippen LogP contribution in [0.25, 0.3) is 0 Å². The molecule has 1 aliphatic heterocycles. The molecular formula is C7H13NO2S. The summed E-state index contributed by atoms with van der Waals surface area (Å²) in [5.74, 6) is 0. The lowest BCUT2D eigenvalue weighted by Crippen LogP contribution is -2.43. The van der Waals surface area contributed by atoms with Crippen LogP contribution in [0.2, 0.25) is 0 Å². The van der Waals surface area contributed by atoms with Gasteiger partial charge in [0.25, 0.3) is 0 Å². The Labute approximate surface area is 71.3 Å². The topological polar surface area (TPSA) is 21.7 Å². The van der Waals surface area contributed by atoms with Gasteiger partial charge in [-0.3, -0.25) is 0 Å². The van der Waals surface area contributed by atoms with E-state index in [1.54, 1.807) is 11.8 Å². The molecule has 0 unspecified atom stereocenters. The number of hydrogen-bond acceptors (Lipinski definition) is 4. The Hall–Kier alpha value is -0.0300. The standard InChI is InChI=1S/C7H13NO2S/c1-3-7(4-5-11-2)8-9-6-10-8/h4-5,7H,3,6H2,1-2H3/b5-4-/t7-/m1/s1. The van der Waals surface area contributed by atoms with Crippen molar-refractivity contribution in [3.05, 3.63) is 11.5 Å². The maximum atomic E-state index is 5.03. The normalized spacial score (nSPS) is 22.0. The van der Waals surface area contributed by atoms with Crippen LogP contribution in [-0.4, -0.2) is 24.3 Å². The van der Waals surface area contributed by atoms with Crippen LogP contribution in [0.1, 0.15) is 13.3 Å². The van der Waals surface area contributed by atoms with Crippen LogP contribution in [0.3, 0.4) is 0 Å². The van der Waals surface area contributed by atoms with Crippen molar-refractivity contribution >= 4 is 11.8 Å². The van der Waals surface area contributed by atoms with Gasteiger partial charge in [-0.1, -0.05) is 18.2 Å². The molecule has 1 heterocycles. The molecular weight excluding hydrogens is 162 g/mol. The molecule has 1 fully saturated rings. The molecule has 1 saturated heterocycles. The van der Waals surface area contributed by atoms with E-state index in [1.165, 1.54) is 5.23 Å². The summed E-state index contributed by atoms with van der Waals surface area (Å²) in [4.78, 5) is 10.1. The summed E-state index contributed by atoms with van der Waals surface area (Å²) in [6.45, 7) is 2.49. The molecule has 0 spiro atoms. The molecule has 0 aromatic carbocycles. The first-order valence-corrected chi connectivity index (χ1v) is 4.91. The highest BCUT2D eigenvalue weighted by atomic mass is 32.2. The van der Waals surface area contributed by atoms with Gasteiger partial charge in [0.05, 0.1) is 6.04 Å². The van der Waals surface area contributed by atoms with E-state index in [2.05, 4.69) is 13.0 Å². The molecule has 1 rings (SSSR count). The third-order valence-electron chi connectivity index (χ3n) is 1.49. The molecule has 1 atom stereocenters. The number of rotatable bonds is 4. The molecule has 0 N–H and O–H groups in total. The minimum absolute atomic E-state index is 0.260. The van der Waals surface area contributed by atoms with Gasteiger partial charge in [0.15, 0.2) is 6.79 Å². The van der Waals surface area contributed by atoms with Gasteiger partial charge in [-0.05, 0) is 18.1 Å². The van der Waals surface area contributed by atoms with Gasteiger partial charge in [-0.2, -0.15) is 0 Å². The summed E-state index contributed by atoms with van der Waals surface area (Å²) < 4.78 is 0. The van der Waals surface area contributed by atoms with Crippen LogP contribution in [0, 0.1) is 0 Å². The van der Waals surface area contributed by atoms with Crippen molar-refractivity contribution in [1.82, 2.24) is 5.23 Å². The van der Waals surface area contributed by atoms with E-state index in [-0.39, 0.29) is 6.04 Å². The van der Waals surface area contributed by atoms with E-state index in [4.69, 9.17) is 9.68 Å². The summed E-state index contributed by atoms with van der Waals surface area (Å²) in [6.07, 6.45) is 5.10. The number of nitrogens with zero attached hydrogens (tertiary/aromatic N) is 1. The second kappa shape index (κ2) is 4.77. The summed E-state index contributed by atoms with van der Waals surface area (Å²) in [7, 11) is 0. The maximum Gasteiger partial charge on any atom is 0.192 e. The Balaban J connectivity index is 2.29. The van der Waals surface area contributed by atoms with E-state index in [0.29, 0.717) is 6.79 Å². The molecule has 0 aromatic rings. The minimum Gasteiger partial charge on any atom is -0.243 e. The quantitative estimate of drug-likeness (QED) is 0.649. The molecule has 0 amide bonds. The Kier molecular flexibility index (Phi) is 3.93. The predicted octanol–water partition coefficient (Wildman–Crippen LogP) is 1.78. The van der Waals surface area contributed by atoms with E-state index in [1.807, 2.05) is 11.7 Å². The van der Waals surface area contributed by atoms with Gasteiger partial charge in [0, 0.05) is 0 Å². The minimum atomic E-state index is 0.260. The fourth-order valence-electron chi connectivity index (χ4n) is 0.830. The summed E-state index contributed by atoms with van der Waals surface area (Å²) in [5, 5.41) is 3.58. The van der Waals surface area contributed by atoms with Crippen LogP contribution < -0.4 is 0 Å². The van der Waals surface area contributed by atoms with Gasteiger partial charge >= 0.3 is 0 Å². The fraction of sp³-hybridized carbons (Fsp3) is 0.714. The van der Waals surface area contributed by atoms with Gasteiger partial charge in [0.2, 0.25) is 0 Å². The summed E-state index contributed by atoms with van der Waals surface area (Å²) in [5.41, 5.74) is 0. The zero-order valence-electron chi connectivity index (χ0n) is 6.82. The highest BCUT2D eigenvalue weighted by Crippen LogP contribution is 2.15. The van der Waals surface area contributed by atoms with Crippen LogP contribution >= 0.6 is 11.8 Å². The van der Waals surface area contributed by atoms with E-state index in [0.717, 1.165) is 6.42 Å². The summed E-state index contributed by atoms with van der Waals surface area (Å²) in [6, 6.07) is 0.260. The highest BCUT2D eigenvalue weighted by molar-refractivity contribution is 8.01. The lowest BCUT2D eigenvalue weighted by atomic mass is 10.2. The van der Waals surface area contributed by atoms with Crippen molar-refractivity contribution in [2.75, 3.05) is 13.0 Å². The Morgan fingerprint density at radius 3 is 2.73 bits per heavy atom. The van der Waals surface area contributed by atoms with E-state index in [9.17, 15) is 0 Å². The lowest BCUT2D eigenvalue weighted by Gasteiger charge is -2.33. The highest BCUT2D eigenvalue weighted by Gasteiger charge is 2.23. The lowest BCUT2D eigenvalue weighted by molar-refractivity contribution is -0.528. The fourth-order valence-corrected chi connectivity index (χ4v) is 1.17. The van der Waals surface area contributed by atoms with Gasteiger partial charge in [0.1, 0.15) is 0 Å². The first-order valence-electron chi connectivity index (χ1n) is 3.63.